The lowest BCUT2D eigenvalue weighted by molar-refractivity contribution is -0.152. The van der Waals surface area contributed by atoms with Gasteiger partial charge in [0.05, 0.1) is 0 Å². The lowest BCUT2D eigenvalue weighted by atomic mass is 9.80. The van der Waals surface area contributed by atoms with E-state index in [-0.39, 0.29) is 11.9 Å². The maximum Gasteiger partial charge on any atom is 0.332 e. The Kier molecular flexibility index (Phi) is 4.45. The van der Waals surface area contributed by atoms with Crippen molar-refractivity contribution in [1.29, 1.82) is 0 Å². The van der Waals surface area contributed by atoms with Crippen LogP contribution in [0.1, 0.15) is 46.0 Å². The molecule has 2 N–H and O–H groups in total. The number of nitrogens with one attached hydrogen (secondary N) is 1. The normalized spacial score (nSPS) is 38.9. The van der Waals surface area contributed by atoms with E-state index in [1.807, 2.05) is 0 Å². The second-order valence-electron chi connectivity index (χ2n) is 6.15. The third kappa shape index (κ3) is 3.69. The van der Waals surface area contributed by atoms with Gasteiger partial charge in [-0.2, -0.15) is 0 Å². The number of hydrogen-bond acceptors (Lipinski definition) is 3. The molecule has 0 aromatic heterocycles. The fourth-order valence-electron chi connectivity index (χ4n) is 3.37. The molecule has 0 spiro atoms. The summed E-state index contributed by atoms with van der Waals surface area (Å²) in [6.07, 6.45) is 2.74. The van der Waals surface area contributed by atoms with Crippen molar-refractivity contribution < 1.29 is 19.4 Å². The smallest absolute Gasteiger partial charge is 0.332 e. The molecule has 5 nitrogen and oxygen atoms in total. The van der Waals surface area contributed by atoms with E-state index >= 15 is 0 Å². The largest absolute Gasteiger partial charge is 0.479 e. The Morgan fingerprint density at radius 1 is 1.05 bits per heavy atom. The van der Waals surface area contributed by atoms with E-state index in [2.05, 4.69) is 19.2 Å². The number of carboxylic acids is 1. The summed E-state index contributed by atoms with van der Waals surface area (Å²) in [6, 6.07) is 0.207. The number of carbonyl (C=O) groups is 2. The molecule has 2 rings (SSSR count). The van der Waals surface area contributed by atoms with Crippen molar-refractivity contribution in [1.82, 2.24) is 5.32 Å². The lowest BCUT2D eigenvalue weighted by Gasteiger charge is -2.32. The fraction of sp³-hybridized carbons (Fsp3) is 0.857. The molecule has 0 aromatic rings. The van der Waals surface area contributed by atoms with E-state index in [0.29, 0.717) is 24.7 Å². The molecule has 108 valence electrons. The van der Waals surface area contributed by atoms with Gasteiger partial charge in [-0.05, 0) is 43.9 Å². The summed E-state index contributed by atoms with van der Waals surface area (Å²) in [5.74, 6) is 0.140. The van der Waals surface area contributed by atoms with Gasteiger partial charge in [0.1, 0.15) is 6.10 Å². The third-order valence-electron chi connectivity index (χ3n) is 4.11. The van der Waals surface area contributed by atoms with E-state index in [4.69, 9.17) is 9.84 Å². The zero-order chi connectivity index (χ0) is 14.0. The van der Waals surface area contributed by atoms with Gasteiger partial charge in [-0.15, -0.1) is 0 Å². The van der Waals surface area contributed by atoms with Crippen molar-refractivity contribution >= 4 is 11.9 Å². The molecule has 0 radical (unpaired) electrons. The molecule has 1 aliphatic heterocycles. The van der Waals surface area contributed by atoms with Gasteiger partial charge < -0.3 is 15.2 Å². The zero-order valence-corrected chi connectivity index (χ0v) is 11.6. The molecule has 1 amide bonds. The fourth-order valence-corrected chi connectivity index (χ4v) is 3.37. The van der Waals surface area contributed by atoms with E-state index < -0.39 is 18.2 Å². The average molecular weight is 269 g/mol. The monoisotopic (exact) mass is 269 g/mol. The Labute approximate surface area is 113 Å². The zero-order valence-electron chi connectivity index (χ0n) is 11.6. The second kappa shape index (κ2) is 5.90. The van der Waals surface area contributed by atoms with Gasteiger partial charge in [-0.25, -0.2) is 4.79 Å². The Morgan fingerprint density at radius 3 is 2.16 bits per heavy atom. The van der Waals surface area contributed by atoms with Crippen LogP contribution in [0.2, 0.25) is 0 Å². The number of hydrogen-bond donors (Lipinski definition) is 2. The highest BCUT2D eigenvalue weighted by Crippen LogP contribution is 2.29. The minimum absolute atomic E-state index is 0.143. The summed E-state index contributed by atoms with van der Waals surface area (Å²) in [5, 5.41) is 11.9. The maximum absolute atomic E-state index is 12.1. The summed E-state index contributed by atoms with van der Waals surface area (Å²) in [4.78, 5) is 22.9. The summed E-state index contributed by atoms with van der Waals surface area (Å²) in [6.45, 7) is 4.42. The van der Waals surface area contributed by atoms with E-state index in [1.54, 1.807) is 0 Å². The van der Waals surface area contributed by atoms with E-state index in [0.717, 1.165) is 12.8 Å². The van der Waals surface area contributed by atoms with Crippen LogP contribution in [0.15, 0.2) is 0 Å². The van der Waals surface area contributed by atoms with Crippen molar-refractivity contribution in [2.24, 2.45) is 11.8 Å². The van der Waals surface area contributed by atoms with Crippen LogP contribution in [0, 0.1) is 11.8 Å². The highest BCUT2D eigenvalue weighted by atomic mass is 16.5. The molecule has 0 aromatic carbocycles. The SMILES string of the molecule is CC1CC(C)CC(NC(=O)C2CCC(C(=O)O)O2)C1. The van der Waals surface area contributed by atoms with Gasteiger partial charge in [0.25, 0.3) is 0 Å². The predicted molar refractivity (Wildman–Crippen MR) is 69.6 cm³/mol. The molecule has 1 aliphatic carbocycles. The first kappa shape index (κ1) is 14.3. The van der Waals surface area contributed by atoms with Crippen LogP contribution in [0.25, 0.3) is 0 Å². The highest BCUT2D eigenvalue weighted by molar-refractivity contribution is 5.82. The Bertz CT molecular complexity index is 347. The van der Waals surface area contributed by atoms with Crippen LogP contribution in [-0.2, 0) is 14.3 Å². The molecule has 4 unspecified atom stereocenters. The van der Waals surface area contributed by atoms with Crippen LogP contribution in [0.5, 0.6) is 0 Å². The highest BCUT2D eigenvalue weighted by Gasteiger charge is 2.36. The predicted octanol–water partition coefficient (Wildman–Crippen LogP) is 1.56. The number of amides is 1. The van der Waals surface area contributed by atoms with Crippen molar-refractivity contribution in [3.8, 4) is 0 Å². The Balaban J connectivity index is 1.83. The summed E-state index contributed by atoms with van der Waals surface area (Å²) in [5.41, 5.74) is 0. The number of ether oxygens (including phenoxy) is 1. The molecule has 19 heavy (non-hydrogen) atoms. The van der Waals surface area contributed by atoms with E-state index in [1.165, 1.54) is 6.42 Å². The van der Waals surface area contributed by atoms with E-state index in [9.17, 15) is 9.59 Å². The number of aliphatic carboxylic acids is 1. The first-order valence-electron chi connectivity index (χ1n) is 7.14. The van der Waals surface area contributed by atoms with Crippen LogP contribution in [0.3, 0.4) is 0 Å². The average Bonchev–Trinajstić information content (AvgIpc) is 2.76. The molecule has 1 heterocycles. The maximum atomic E-state index is 12.1. The Hall–Kier alpha value is -1.10. The number of carboxylic acid groups (broad SMARTS) is 1. The van der Waals surface area contributed by atoms with Gasteiger partial charge >= 0.3 is 5.97 Å². The van der Waals surface area contributed by atoms with Gasteiger partial charge in [0.15, 0.2) is 6.10 Å². The standard InChI is InChI=1S/C14H23NO4/c1-8-5-9(2)7-10(6-8)15-13(16)11-3-4-12(19-11)14(17)18/h8-12H,3-7H2,1-2H3,(H,15,16)(H,17,18). The van der Waals surface area contributed by atoms with Crippen LogP contribution >= 0.6 is 0 Å². The molecule has 0 bridgehead atoms. The van der Waals surface area contributed by atoms with Crippen molar-refractivity contribution in [2.75, 3.05) is 0 Å². The van der Waals surface area contributed by atoms with Crippen molar-refractivity contribution in [3.05, 3.63) is 0 Å². The Morgan fingerprint density at radius 2 is 1.63 bits per heavy atom. The molecular weight excluding hydrogens is 246 g/mol. The van der Waals surface area contributed by atoms with Crippen LogP contribution in [0.4, 0.5) is 0 Å². The minimum atomic E-state index is -0.977. The van der Waals surface area contributed by atoms with Gasteiger partial charge in [0.2, 0.25) is 5.91 Å². The van der Waals surface area contributed by atoms with Crippen LogP contribution in [-0.4, -0.2) is 35.2 Å². The van der Waals surface area contributed by atoms with Crippen LogP contribution < -0.4 is 5.32 Å². The molecule has 4 atom stereocenters. The summed E-state index contributed by atoms with van der Waals surface area (Å²) >= 11 is 0. The quantitative estimate of drug-likeness (QED) is 0.815. The van der Waals surface area contributed by atoms with Gasteiger partial charge in [-0.3, -0.25) is 4.79 Å². The molecule has 1 saturated carbocycles. The summed E-state index contributed by atoms with van der Waals surface area (Å²) in [7, 11) is 0. The molecule has 2 fully saturated rings. The molecule has 5 heteroatoms. The van der Waals surface area contributed by atoms with Crippen molar-refractivity contribution in [3.63, 3.8) is 0 Å². The summed E-state index contributed by atoms with van der Waals surface area (Å²) < 4.78 is 5.27. The third-order valence-corrected chi connectivity index (χ3v) is 4.11. The molecule has 2 aliphatic rings. The minimum Gasteiger partial charge on any atom is -0.479 e. The van der Waals surface area contributed by atoms with Crippen molar-refractivity contribution in [2.45, 2.75) is 64.2 Å². The van der Waals surface area contributed by atoms with Gasteiger partial charge in [0, 0.05) is 6.04 Å². The molecular formula is C14H23NO4. The molecule has 1 saturated heterocycles. The first-order valence-corrected chi connectivity index (χ1v) is 7.14. The number of carbonyl (C=O) groups excluding carboxylic acids is 1. The number of rotatable bonds is 3. The topological polar surface area (TPSA) is 75.6 Å². The first-order chi connectivity index (χ1) is 8.95. The van der Waals surface area contributed by atoms with Gasteiger partial charge in [-0.1, -0.05) is 13.8 Å². The second-order valence-corrected chi connectivity index (χ2v) is 6.15. The lowest BCUT2D eigenvalue weighted by Crippen LogP contribution is -2.44.